The number of nitrogens with zero attached hydrogens (tertiary/aromatic N) is 1. The van der Waals surface area contributed by atoms with E-state index in [2.05, 4.69) is 53.3 Å². The first-order chi connectivity index (χ1) is 15.6. The van der Waals surface area contributed by atoms with Crippen molar-refractivity contribution < 1.29 is 13.1 Å². The van der Waals surface area contributed by atoms with Gasteiger partial charge in [0.1, 0.15) is 0 Å². The van der Waals surface area contributed by atoms with E-state index in [9.17, 15) is 0 Å². The van der Waals surface area contributed by atoms with Crippen LogP contribution >= 0.6 is 47.2 Å². The third kappa shape index (κ3) is 12.8. The molecule has 2 aliphatic carbocycles. The van der Waals surface area contributed by atoms with Gasteiger partial charge in [0.2, 0.25) is 0 Å². The van der Waals surface area contributed by atoms with E-state index in [0.717, 1.165) is 13.1 Å². The Hall–Kier alpha value is 0.789. The molecule has 0 bridgehead atoms. The van der Waals surface area contributed by atoms with Crippen molar-refractivity contribution in [3.63, 3.8) is 0 Å². The normalized spacial score (nSPS) is 22.4. The Bertz CT molecular complexity index is 629. The van der Waals surface area contributed by atoms with E-state index in [1.165, 1.54) is 69.2 Å². The van der Waals surface area contributed by atoms with Crippen LogP contribution in [-0.4, -0.2) is 43.2 Å². The molecule has 5 nitrogen and oxygen atoms in total. The van der Waals surface area contributed by atoms with Gasteiger partial charge in [-0.05, 0) is 58.7 Å². The van der Waals surface area contributed by atoms with Crippen LogP contribution in [0.3, 0.4) is 0 Å². The van der Waals surface area contributed by atoms with Crippen molar-refractivity contribution in [3.05, 3.63) is 29.6 Å². The molecule has 201 valence electrons. The molecule has 1 aromatic heterocycles. The van der Waals surface area contributed by atoms with E-state index >= 15 is 0 Å². The molecule has 34 heavy (non-hydrogen) atoms. The average Bonchev–Trinajstić information content (AvgIpc) is 2.81. The monoisotopic (exact) mass is 594 g/mol. The molecule has 4 atom stereocenters. The van der Waals surface area contributed by atoms with Gasteiger partial charge >= 0.3 is 33.3 Å². The molecule has 1 heterocycles. The summed E-state index contributed by atoms with van der Waals surface area (Å²) in [6, 6.07) is 8.88. The minimum absolute atomic E-state index is 0. The number of halogens is 2. The van der Waals surface area contributed by atoms with Crippen LogP contribution in [0.25, 0.3) is 0 Å². The summed E-state index contributed by atoms with van der Waals surface area (Å²) >= 11 is 0.00694. The van der Waals surface area contributed by atoms with Gasteiger partial charge in [0.05, 0.1) is 11.4 Å². The minimum atomic E-state index is 0. The third-order valence-corrected chi connectivity index (χ3v) is 6.78. The molecule has 2 saturated carbocycles. The SMILES string of the molecule is CNCCN[C@@H]1CCCC[C@H]1N[C@@H](C)c1cccc([C@H](C)NC2CCCCC2)n1.S.S.[Cl][Mn][Cl]. The van der Waals surface area contributed by atoms with Gasteiger partial charge in [-0.25, -0.2) is 0 Å². The molecule has 0 radical (unpaired) electrons. The van der Waals surface area contributed by atoms with Gasteiger partial charge in [0.25, 0.3) is 0 Å². The number of likely N-dealkylation sites (N-methyl/N-ethyl adjacent to an activating group) is 1. The van der Waals surface area contributed by atoms with E-state index in [1.807, 2.05) is 7.05 Å². The van der Waals surface area contributed by atoms with E-state index in [0.29, 0.717) is 24.2 Å². The molecule has 0 amide bonds. The molecule has 0 saturated heterocycles. The van der Waals surface area contributed by atoms with Crippen LogP contribution < -0.4 is 21.3 Å². The van der Waals surface area contributed by atoms with Crippen LogP contribution in [0.15, 0.2) is 18.2 Å². The second kappa shape index (κ2) is 20.8. The molecule has 2 aliphatic rings. The number of aromatic nitrogens is 1. The van der Waals surface area contributed by atoms with Crippen LogP contribution in [0.5, 0.6) is 0 Å². The van der Waals surface area contributed by atoms with Crippen LogP contribution in [0.2, 0.25) is 0 Å². The van der Waals surface area contributed by atoms with Gasteiger partial charge in [-0.3, -0.25) is 4.98 Å². The number of hydrogen-bond acceptors (Lipinski definition) is 5. The Morgan fingerprint density at radius 2 is 1.38 bits per heavy atom. The summed E-state index contributed by atoms with van der Waals surface area (Å²) in [5.41, 5.74) is 2.34. The Morgan fingerprint density at radius 1 is 0.853 bits per heavy atom. The standard InChI is InChI=1S/C24H43N5.2ClH.Mn.2H2S/c1-18(27-20-10-5-4-6-11-20)21-14-9-15-22(29-21)19(2)28-24-13-8-7-12-23(24)26-17-16-25-3;;;;;/h9,14-15,18-20,23-28H,4-8,10-13,16-17H2,1-3H3;2*1H;;2*1H2/q;;;+2;;/p-2/t18-,19-,23+,24+;;;;;/m0...../s1. The summed E-state index contributed by atoms with van der Waals surface area (Å²) in [5, 5.41) is 14.7. The van der Waals surface area contributed by atoms with Crippen molar-refractivity contribution in [2.24, 2.45) is 0 Å². The number of nitrogens with one attached hydrogen (secondary N) is 4. The summed E-state index contributed by atoms with van der Waals surface area (Å²) in [6.07, 6.45) is 11.9. The van der Waals surface area contributed by atoms with Crippen molar-refractivity contribution in [2.45, 2.75) is 102 Å². The molecule has 4 N–H and O–H groups in total. The van der Waals surface area contributed by atoms with Crippen LogP contribution in [0, 0.1) is 0 Å². The van der Waals surface area contributed by atoms with Gasteiger partial charge in [-0.1, -0.05) is 38.2 Å². The fraction of sp³-hybridized carbons (Fsp3) is 0.792. The molecule has 0 unspecified atom stereocenters. The van der Waals surface area contributed by atoms with Crippen molar-refractivity contribution >= 4 is 47.2 Å². The summed E-state index contributed by atoms with van der Waals surface area (Å²) < 4.78 is 0. The van der Waals surface area contributed by atoms with E-state index in [-0.39, 0.29) is 46.2 Å². The molecule has 0 aliphatic heterocycles. The van der Waals surface area contributed by atoms with Crippen molar-refractivity contribution in [1.82, 2.24) is 26.3 Å². The predicted octanol–water partition coefficient (Wildman–Crippen LogP) is 5.44. The van der Waals surface area contributed by atoms with E-state index in [1.54, 1.807) is 0 Å². The quantitative estimate of drug-likeness (QED) is 0.215. The zero-order chi connectivity index (χ0) is 23.2. The molecule has 1 aromatic rings. The molecule has 0 spiro atoms. The first-order valence-corrected chi connectivity index (χ1v) is 15.6. The zero-order valence-electron chi connectivity index (χ0n) is 21.0. The topological polar surface area (TPSA) is 61.0 Å². The Morgan fingerprint density at radius 3 is 1.97 bits per heavy atom. The number of hydrogen-bond donors (Lipinski definition) is 4. The van der Waals surface area contributed by atoms with Gasteiger partial charge in [-0.2, -0.15) is 27.0 Å². The first-order valence-electron chi connectivity index (χ1n) is 12.3. The molecular weight excluding hydrogens is 548 g/mol. The third-order valence-electron chi connectivity index (χ3n) is 6.78. The molecule has 2 fully saturated rings. The van der Waals surface area contributed by atoms with Gasteiger partial charge in [0.15, 0.2) is 0 Å². The Kier molecular flexibility index (Phi) is 21.3. The molecular formula is C24H47Cl2MnN5S2. The average molecular weight is 596 g/mol. The van der Waals surface area contributed by atoms with Gasteiger partial charge in [-0.15, -0.1) is 0 Å². The zero-order valence-corrected chi connectivity index (χ0v) is 25.7. The molecule has 0 aromatic carbocycles. The summed E-state index contributed by atoms with van der Waals surface area (Å²) in [7, 11) is 11.6. The van der Waals surface area contributed by atoms with E-state index in [4.69, 9.17) is 25.2 Å². The number of pyridine rings is 1. The molecule has 3 rings (SSSR count). The van der Waals surface area contributed by atoms with E-state index < -0.39 is 0 Å². The summed E-state index contributed by atoms with van der Waals surface area (Å²) in [4.78, 5) is 5.05. The fourth-order valence-corrected chi connectivity index (χ4v) is 5.02. The van der Waals surface area contributed by atoms with Gasteiger partial charge < -0.3 is 21.3 Å². The van der Waals surface area contributed by atoms with Gasteiger partial charge in [0, 0.05) is 43.3 Å². The van der Waals surface area contributed by atoms with Crippen LogP contribution in [0.4, 0.5) is 0 Å². The molecule has 10 heteroatoms. The fourth-order valence-electron chi connectivity index (χ4n) is 5.02. The van der Waals surface area contributed by atoms with Crippen LogP contribution in [0.1, 0.15) is 95.1 Å². The van der Waals surface area contributed by atoms with Crippen molar-refractivity contribution in [2.75, 3.05) is 20.1 Å². The maximum absolute atomic E-state index is 5.05. The second-order valence-electron chi connectivity index (χ2n) is 9.21. The Labute approximate surface area is 237 Å². The maximum atomic E-state index is 5.05. The van der Waals surface area contributed by atoms with Crippen molar-refractivity contribution in [1.29, 1.82) is 0 Å². The number of rotatable bonds is 10. The second-order valence-corrected chi connectivity index (χ2v) is 11.2. The Balaban J connectivity index is 0.00000207. The summed E-state index contributed by atoms with van der Waals surface area (Å²) in [6.45, 7) is 6.59. The summed E-state index contributed by atoms with van der Waals surface area (Å²) in [5.74, 6) is 0. The predicted molar refractivity (Wildman–Crippen MR) is 155 cm³/mol. The first kappa shape index (κ1) is 34.8. The van der Waals surface area contributed by atoms with Crippen LogP contribution in [-0.2, 0) is 13.1 Å². The van der Waals surface area contributed by atoms with Crippen molar-refractivity contribution in [3.8, 4) is 0 Å².